The molecule has 21 atom stereocenters. The average Bonchev–Trinajstić information content (AvgIpc) is 3.91. The Labute approximate surface area is 381 Å². The van der Waals surface area contributed by atoms with E-state index in [2.05, 4.69) is 49.1 Å². The summed E-state index contributed by atoms with van der Waals surface area (Å²) in [5.74, 6) is -4.38. The van der Waals surface area contributed by atoms with Crippen molar-refractivity contribution < 1.29 is 65.0 Å². The molecule has 1 aromatic rings. The predicted molar refractivity (Wildman–Crippen MR) is 234 cm³/mol. The highest BCUT2D eigenvalue weighted by atomic mass is 16.7. The number of ether oxygens (including phenoxy) is 2. The van der Waals surface area contributed by atoms with Gasteiger partial charge in [0.05, 0.1) is 49.7 Å². The lowest BCUT2D eigenvalue weighted by Gasteiger charge is -2.73. The topological polar surface area (TPSA) is 301 Å². The van der Waals surface area contributed by atoms with Crippen LogP contribution in [0.15, 0.2) is 24.2 Å². The van der Waals surface area contributed by atoms with Gasteiger partial charge in [-0.15, -0.1) is 0 Å². The molecular formula is C48H76N4O13. The summed E-state index contributed by atoms with van der Waals surface area (Å²) in [7, 11) is 0. The van der Waals surface area contributed by atoms with Crippen molar-refractivity contribution in [3.8, 4) is 0 Å². The number of nitrogens with zero attached hydrogens (tertiary/aromatic N) is 1. The quantitative estimate of drug-likeness (QED) is 0.0759. The number of hydrogen-bond donors (Lipinski definition) is 12. The molecule has 1 aromatic heterocycles. The fraction of sp³-hybridized carbons (Fsp3) is 0.854. The maximum absolute atomic E-state index is 14.0. The molecular weight excluding hydrogens is 841 g/mol. The third-order valence-corrected chi connectivity index (χ3v) is 20.0. The van der Waals surface area contributed by atoms with Crippen molar-refractivity contribution in [1.29, 1.82) is 0 Å². The molecule has 5 aliphatic carbocycles. The van der Waals surface area contributed by atoms with Crippen LogP contribution in [0, 0.1) is 68.0 Å². The number of aliphatic hydroxyl groups is 8. The summed E-state index contributed by atoms with van der Waals surface area (Å²) in [6.45, 7) is 9.52. The maximum Gasteiger partial charge on any atom is 0.310 e. The van der Waals surface area contributed by atoms with E-state index in [0.717, 1.165) is 5.57 Å². The lowest BCUT2D eigenvalue weighted by molar-refractivity contribution is -0.340. The van der Waals surface area contributed by atoms with Crippen LogP contribution in [0.2, 0.25) is 0 Å². The second kappa shape index (κ2) is 17.4. The van der Waals surface area contributed by atoms with Crippen LogP contribution >= 0.6 is 0 Å². The molecule has 366 valence electrons. The van der Waals surface area contributed by atoms with Crippen LogP contribution in [0.3, 0.4) is 0 Å². The van der Waals surface area contributed by atoms with Gasteiger partial charge in [-0.05, 0) is 122 Å². The number of nitrogens with two attached hydrogens (primary N) is 1. The minimum atomic E-state index is -1.67. The number of carbonyl (C=O) groups excluding carboxylic acids is 1. The summed E-state index contributed by atoms with van der Waals surface area (Å²) in [5.41, 5.74) is 3.51. The number of carboxylic acid groups (broad SMARTS) is 1. The van der Waals surface area contributed by atoms with E-state index in [4.69, 9.17) is 15.2 Å². The Hall–Kier alpha value is -2.55. The molecule has 0 aromatic carbocycles. The minimum Gasteiger partial charge on any atom is -0.481 e. The summed E-state index contributed by atoms with van der Waals surface area (Å²) in [4.78, 5) is 34.8. The SMILES string of the molecule is C[C@]1(CO)CC[C@]2(C(=O)O)CC[C@]3(C)C(=CC[C@@H]4[C@@]5(C)[C@H](C[C@@H]6[C@@H]([C@H](CC[C@@H](N)O)c7cnc[nH]7)NC(=O)[C@@H]6CO)[C@@H](O)[C@@H](O[C@@H]6OC[C@@H](O)[C@H](O)[C@H]6O)[C@@](C)(CO)[C@H]5CC[C@]43C)[C@@H]2C1. The van der Waals surface area contributed by atoms with Crippen molar-refractivity contribution in [2.45, 2.75) is 160 Å². The number of allylic oxidation sites excluding steroid dienone is 2. The number of aromatic amines is 1. The number of fused-ring (bicyclic) bond motifs is 7. The largest absolute Gasteiger partial charge is 0.481 e. The summed E-state index contributed by atoms with van der Waals surface area (Å²) in [6.07, 6.45) is 1.26. The number of imidazole rings is 1. The number of rotatable bonds is 13. The van der Waals surface area contributed by atoms with Gasteiger partial charge in [-0.2, -0.15) is 0 Å². The van der Waals surface area contributed by atoms with Gasteiger partial charge in [0.2, 0.25) is 5.91 Å². The number of aliphatic carboxylic acids is 1. The normalized spacial score (nSPS) is 49.4. The van der Waals surface area contributed by atoms with Gasteiger partial charge in [-0.3, -0.25) is 9.59 Å². The van der Waals surface area contributed by atoms with Gasteiger partial charge in [-0.1, -0.05) is 46.3 Å². The first kappa shape index (κ1) is 48.9. The van der Waals surface area contributed by atoms with Gasteiger partial charge < -0.3 is 71.5 Å². The lowest BCUT2D eigenvalue weighted by Crippen LogP contribution is -2.72. The first-order chi connectivity index (χ1) is 30.6. The fourth-order valence-corrected chi connectivity index (χ4v) is 16.0. The van der Waals surface area contributed by atoms with E-state index in [1.54, 1.807) is 12.5 Å². The molecule has 13 N–H and O–H groups in total. The third kappa shape index (κ3) is 7.39. The second-order valence-corrected chi connectivity index (χ2v) is 22.9. The van der Waals surface area contributed by atoms with Crippen molar-refractivity contribution in [1.82, 2.24) is 15.3 Å². The van der Waals surface area contributed by atoms with E-state index in [0.29, 0.717) is 63.5 Å². The van der Waals surface area contributed by atoms with E-state index >= 15 is 0 Å². The van der Waals surface area contributed by atoms with Crippen LogP contribution in [0.25, 0.3) is 0 Å². The smallest absolute Gasteiger partial charge is 0.310 e. The van der Waals surface area contributed by atoms with E-state index < -0.39 is 124 Å². The second-order valence-electron chi connectivity index (χ2n) is 22.9. The Kier molecular flexibility index (Phi) is 13.1. The highest BCUT2D eigenvalue weighted by Crippen LogP contribution is 2.77. The van der Waals surface area contributed by atoms with E-state index in [1.165, 1.54) is 0 Å². The van der Waals surface area contributed by atoms with Gasteiger partial charge in [0, 0.05) is 35.9 Å². The number of aromatic nitrogens is 2. The number of amides is 1. The molecule has 8 rings (SSSR count). The Morgan fingerprint density at radius 1 is 0.969 bits per heavy atom. The van der Waals surface area contributed by atoms with Crippen molar-refractivity contribution in [3.63, 3.8) is 0 Å². The number of H-pyrrole nitrogens is 1. The predicted octanol–water partition coefficient (Wildman–Crippen LogP) is 1.52. The number of hydrogen-bond acceptors (Lipinski definition) is 14. The molecule has 0 radical (unpaired) electrons. The van der Waals surface area contributed by atoms with Crippen LogP contribution in [-0.4, -0.2) is 143 Å². The molecule has 2 saturated heterocycles. The van der Waals surface area contributed by atoms with Gasteiger partial charge >= 0.3 is 5.97 Å². The van der Waals surface area contributed by atoms with E-state index in [1.807, 2.05) is 6.92 Å². The zero-order valence-electron chi connectivity index (χ0n) is 38.7. The Bertz CT molecular complexity index is 1940. The molecule has 17 nitrogen and oxygen atoms in total. The van der Waals surface area contributed by atoms with Gasteiger partial charge in [0.25, 0.3) is 0 Å². The summed E-state index contributed by atoms with van der Waals surface area (Å²) in [5, 5.41) is 103. The van der Waals surface area contributed by atoms with Gasteiger partial charge in [-0.25, -0.2) is 4.98 Å². The van der Waals surface area contributed by atoms with Crippen molar-refractivity contribution in [2.75, 3.05) is 26.4 Å². The molecule has 2 aliphatic heterocycles. The zero-order valence-corrected chi connectivity index (χ0v) is 38.7. The van der Waals surface area contributed by atoms with Crippen LogP contribution in [0.5, 0.6) is 0 Å². The number of carbonyl (C=O) groups is 2. The van der Waals surface area contributed by atoms with Crippen molar-refractivity contribution in [2.24, 2.45) is 73.7 Å². The Morgan fingerprint density at radius 2 is 1.69 bits per heavy atom. The van der Waals surface area contributed by atoms with Crippen LogP contribution in [0.4, 0.5) is 0 Å². The van der Waals surface area contributed by atoms with Crippen LogP contribution < -0.4 is 11.1 Å². The van der Waals surface area contributed by atoms with Crippen LogP contribution in [-0.2, 0) is 19.1 Å². The number of nitrogens with one attached hydrogen (secondary N) is 2. The Morgan fingerprint density at radius 3 is 2.32 bits per heavy atom. The van der Waals surface area contributed by atoms with E-state index in [9.17, 15) is 55.5 Å². The molecule has 4 saturated carbocycles. The average molecular weight is 917 g/mol. The first-order valence-electron chi connectivity index (χ1n) is 24.1. The zero-order chi connectivity index (χ0) is 47.2. The molecule has 0 spiro atoms. The number of carboxylic acids is 1. The molecule has 7 aliphatic rings. The van der Waals surface area contributed by atoms with Gasteiger partial charge in [0.15, 0.2) is 6.29 Å². The third-order valence-electron chi connectivity index (χ3n) is 20.0. The lowest BCUT2D eigenvalue weighted by atomic mass is 9.31. The van der Waals surface area contributed by atoms with Crippen molar-refractivity contribution >= 4 is 11.9 Å². The molecule has 17 heteroatoms. The number of aliphatic hydroxyl groups excluding tert-OH is 8. The molecule has 1 amide bonds. The minimum absolute atomic E-state index is 0.0315. The van der Waals surface area contributed by atoms with Crippen molar-refractivity contribution in [3.05, 3.63) is 29.9 Å². The highest BCUT2D eigenvalue weighted by molar-refractivity contribution is 5.82. The Balaban J connectivity index is 1.26. The molecule has 3 heterocycles. The molecule has 6 fully saturated rings. The monoisotopic (exact) mass is 917 g/mol. The fourth-order valence-electron chi connectivity index (χ4n) is 16.0. The standard InChI is InChI=1S/C48H76N4O13/c1-43(21-54)12-14-48(42(62)63)15-13-45(3)27(29(48)17-43)7-8-33-46(45,4)11-10-32-44(2,22-55)39(65-41-38(60)37(59)31(56)20-64-41)36(58)28(47(32,33)5)16-25-26(19-53)40(61)52-35(25)24(6-9-34(49)57)30-18-50-23-51-30/h7,18,23-26,28-29,31-39,41,53-60H,6,8-17,19-22,49H2,1-5H3,(H,50,51)(H,52,61)(H,62,63)/t24-,25+,26-,28-,29+,31-,32-,33+,34+,35-,36-,37+,38-,39-,41+,43+,44+,45-,46-,47+,48+/m1/s1. The first-order valence-corrected chi connectivity index (χ1v) is 24.1. The molecule has 0 bridgehead atoms. The highest BCUT2D eigenvalue weighted by Gasteiger charge is 2.74. The van der Waals surface area contributed by atoms with E-state index in [-0.39, 0.29) is 49.7 Å². The molecule has 65 heavy (non-hydrogen) atoms. The summed E-state index contributed by atoms with van der Waals surface area (Å²) in [6, 6.07) is -0.585. The van der Waals surface area contributed by atoms with Gasteiger partial charge in [0.1, 0.15) is 24.5 Å². The summed E-state index contributed by atoms with van der Waals surface area (Å²) < 4.78 is 12.4. The maximum atomic E-state index is 14.0. The molecule has 0 unspecified atom stereocenters. The van der Waals surface area contributed by atoms with Crippen LogP contribution in [0.1, 0.15) is 117 Å². The summed E-state index contributed by atoms with van der Waals surface area (Å²) >= 11 is 0.